The molecule has 1 saturated heterocycles. The number of carbonyl (C=O) groups excluding carboxylic acids is 2. The molecule has 5 aromatic rings. The summed E-state index contributed by atoms with van der Waals surface area (Å²) >= 11 is 0. The van der Waals surface area contributed by atoms with Crippen LogP contribution in [0.1, 0.15) is 10.4 Å². The molecule has 2 aromatic heterocycles. The predicted molar refractivity (Wildman–Crippen MR) is 153 cm³/mol. The number of imidazole rings is 1. The highest BCUT2D eigenvalue weighted by Crippen LogP contribution is 2.35. The van der Waals surface area contributed by atoms with Gasteiger partial charge < -0.3 is 25.0 Å². The van der Waals surface area contributed by atoms with E-state index in [4.69, 9.17) is 4.74 Å². The molecule has 0 aliphatic carbocycles. The number of amides is 3. The number of aromatic nitrogens is 3. The van der Waals surface area contributed by atoms with Gasteiger partial charge in [-0.25, -0.2) is 14.8 Å². The monoisotopic (exact) mass is 534 g/mol. The van der Waals surface area contributed by atoms with E-state index in [1.165, 1.54) is 0 Å². The Kier molecular flexibility index (Phi) is 6.27. The standard InChI is InChI=1S/C30H26N6O4/c1-35-14-15-36(30(35)39)21-9-7-20(8-10-21)32-28(38)19-5-11-24-25(17-19)34-27(33-24)23-16-18(6-12-26(23)37)22-4-3-13-31-29(22)40-2/h3-13,16-17,37H,14-15H2,1-2H3,(H,32,38)(H,33,34). The van der Waals surface area contributed by atoms with Crippen molar-refractivity contribution >= 4 is 34.3 Å². The Labute approximate surface area is 229 Å². The number of aromatic hydroxyl groups is 1. The third-order valence-corrected chi connectivity index (χ3v) is 6.93. The van der Waals surface area contributed by atoms with Gasteiger partial charge in [-0.3, -0.25) is 9.69 Å². The maximum Gasteiger partial charge on any atom is 0.324 e. The number of carbonyl (C=O) groups is 2. The fourth-order valence-electron chi connectivity index (χ4n) is 4.76. The van der Waals surface area contributed by atoms with E-state index < -0.39 is 0 Å². The molecule has 10 heteroatoms. The first-order chi connectivity index (χ1) is 19.4. The zero-order valence-corrected chi connectivity index (χ0v) is 21.9. The van der Waals surface area contributed by atoms with E-state index in [0.29, 0.717) is 47.1 Å². The molecule has 1 aliphatic heterocycles. The fraction of sp³-hybridized carbons (Fsp3) is 0.133. The van der Waals surface area contributed by atoms with Crippen molar-refractivity contribution in [2.45, 2.75) is 0 Å². The molecule has 3 heterocycles. The molecule has 3 aromatic carbocycles. The summed E-state index contributed by atoms with van der Waals surface area (Å²) in [6.07, 6.45) is 1.65. The molecule has 0 bridgehead atoms. The maximum atomic E-state index is 13.0. The number of rotatable bonds is 6. The molecule has 3 N–H and O–H groups in total. The Balaban J connectivity index is 1.23. The summed E-state index contributed by atoms with van der Waals surface area (Å²) in [6, 6.07) is 21.3. The van der Waals surface area contributed by atoms with Gasteiger partial charge in [0.15, 0.2) is 0 Å². The van der Waals surface area contributed by atoms with E-state index in [0.717, 1.165) is 22.3 Å². The topological polar surface area (TPSA) is 124 Å². The number of aromatic amines is 1. The van der Waals surface area contributed by atoms with Gasteiger partial charge in [0.05, 0.1) is 23.7 Å². The van der Waals surface area contributed by atoms with Crippen molar-refractivity contribution < 1.29 is 19.4 Å². The highest BCUT2D eigenvalue weighted by atomic mass is 16.5. The molecule has 1 fully saturated rings. The number of ether oxygens (including phenoxy) is 1. The molecule has 0 saturated carbocycles. The van der Waals surface area contributed by atoms with Crippen molar-refractivity contribution in [1.82, 2.24) is 19.9 Å². The number of methoxy groups -OCH3 is 1. The van der Waals surface area contributed by atoms with Crippen molar-refractivity contribution in [2.24, 2.45) is 0 Å². The van der Waals surface area contributed by atoms with E-state index in [1.807, 2.05) is 30.3 Å². The maximum absolute atomic E-state index is 13.0. The number of nitrogens with zero attached hydrogens (tertiary/aromatic N) is 4. The first-order valence-corrected chi connectivity index (χ1v) is 12.7. The molecule has 1 aliphatic rings. The zero-order valence-electron chi connectivity index (χ0n) is 21.9. The number of likely N-dealkylation sites (N-methyl/N-ethyl adjacent to an activating group) is 1. The summed E-state index contributed by atoms with van der Waals surface area (Å²) in [5.41, 5.74) is 5.24. The van der Waals surface area contributed by atoms with Gasteiger partial charge in [0.2, 0.25) is 5.88 Å². The number of H-pyrrole nitrogens is 1. The number of benzene rings is 3. The number of pyridine rings is 1. The lowest BCUT2D eigenvalue weighted by molar-refractivity contribution is 0.102. The predicted octanol–water partition coefficient (Wildman–Crippen LogP) is 5.13. The molecular weight excluding hydrogens is 508 g/mol. The van der Waals surface area contributed by atoms with Crippen molar-refractivity contribution in [3.8, 4) is 34.1 Å². The first kappa shape index (κ1) is 24.9. The van der Waals surface area contributed by atoms with Gasteiger partial charge in [0.1, 0.15) is 11.6 Å². The number of hydrogen-bond donors (Lipinski definition) is 3. The first-order valence-electron chi connectivity index (χ1n) is 12.7. The number of urea groups is 1. The molecule has 0 spiro atoms. The molecule has 0 unspecified atom stereocenters. The zero-order chi connectivity index (χ0) is 27.8. The van der Waals surface area contributed by atoms with Gasteiger partial charge in [-0.05, 0) is 72.3 Å². The van der Waals surface area contributed by atoms with Crippen molar-refractivity contribution in [3.63, 3.8) is 0 Å². The van der Waals surface area contributed by atoms with Crippen LogP contribution in [0, 0.1) is 0 Å². The van der Waals surface area contributed by atoms with Crippen LogP contribution in [0.25, 0.3) is 33.5 Å². The van der Waals surface area contributed by atoms with Gasteiger partial charge in [-0.2, -0.15) is 0 Å². The van der Waals surface area contributed by atoms with Crippen LogP contribution in [0.5, 0.6) is 11.6 Å². The van der Waals surface area contributed by atoms with Crippen LogP contribution >= 0.6 is 0 Å². The number of fused-ring (bicyclic) bond motifs is 1. The van der Waals surface area contributed by atoms with E-state index in [1.54, 1.807) is 72.6 Å². The van der Waals surface area contributed by atoms with Crippen LogP contribution in [0.4, 0.5) is 16.2 Å². The summed E-state index contributed by atoms with van der Waals surface area (Å²) < 4.78 is 5.39. The molecule has 0 atom stereocenters. The van der Waals surface area contributed by atoms with Crippen LogP contribution in [0.3, 0.4) is 0 Å². The quantitative estimate of drug-likeness (QED) is 0.278. The van der Waals surface area contributed by atoms with Crippen molar-refractivity contribution in [1.29, 1.82) is 0 Å². The summed E-state index contributed by atoms with van der Waals surface area (Å²) in [4.78, 5) is 40.8. The number of nitrogens with one attached hydrogen (secondary N) is 2. The Bertz CT molecular complexity index is 1750. The Morgan fingerprint density at radius 3 is 2.60 bits per heavy atom. The molecular formula is C30H26N6O4. The minimum Gasteiger partial charge on any atom is -0.507 e. The van der Waals surface area contributed by atoms with Gasteiger partial charge >= 0.3 is 6.03 Å². The second kappa shape index (κ2) is 10.1. The number of phenols is 1. The van der Waals surface area contributed by atoms with E-state index in [9.17, 15) is 14.7 Å². The lowest BCUT2D eigenvalue weighted by atomic mass is 10.0. The third-order valence-electron chi connectivity index (χ3n) is 6.93. The van der Waals surface area contributed by atoms with Crippen LogP contribution in [-0.2, 0) is 0 Å². The second-order valence-corrected chi connectivity index (χ2v) is 9.47. The fourth-order valence-corrected chi connectivity index (χ4v) is 4.76. The van der Waals surface area contributed by atoms with E-state index in [-0.39, 0.29) is 17.7 Å². The molecule has 40 heavy (non-hydrogen) atoms. The normalized spacial score (nSPS) is 13.2. The summed E-state index contributed by atoms with van der Waals surface area (Å²) in [6.45, 7) is 1.31. The summed E-state index contributed by atoms with van der Waals surface area (Å²) in [5, 5.41) is 13.5. The number of phenolic OH excluding ortho intramolecular Hbond substituents is 1. The van der Waals surface area contributed by atoms with Gasteiger partial charge in [0, 0.05) is 48.8 Å². The average molecular weight is 535 g/mol. The average Bonchev–Trinajstić information content (AvgIpc) is 3.56. The molecule has 200 valence electrons. The molecule has 0 radical (unpaired) electrons. The summed E-state index contributed by atoms with van der Waals surface area (Å²) in [5.74, 6) is 0.720. The minimum absolute atomic E-state index is 0.0414. The smallest absolute Gasteiger partial charge is 0.324 e. The SMILES string of the molecule is COc1ncccc1-c1ccc(O)c(-c2nc3cc(C(=O)Nc4ccc(N5CCN(C)C5=O)cc4)ccc3[nH]2)c1. The van der Waals surface area contributed by atoms with Crippen LogP contribution in [0.15, 0.2) is 79.0 Å². The van der Waals surface area contributed by atoms with Crippen LogP contribution in [0.2, 0.25) is 0 Å². The van der Waals surface area contributed by atoms with E-state index >= 15 is 0 Å². The highest BCUT2D eigenvalue weighted by molar-refractivity contribution is 6.06. The van der Waals surface area contributed by atoms with E-state index in [2.05, 4.69) is 20.3 Å². The Hall–Kier alpha value is -5.38. The summed E-state index contributed by atoms with van der Waals surface area (Å²) in [7, 11) is 3.33. The molecule has 10 nitrogen and oxygen atoms in total. The molecule has 6 rings (SSSR count). The van der Waals surface area contributed by atoms with Crippen LogP contribution in [-0.4, -0.2) is 64.1 Å². The lowest BCUT2D eigenvalue weighted by Crippen LogP contribution is -2.29. The van der Waals surface area contributed by atoms with Crippen LogP contribution < -0.4 is 15.0 Å². The largest absolute Gasteiger partial charge is 0.507 e. The molecule has 3 amide bonds. The third kappa shape index (κ3) is 4.55. The van der Waals surface area contributed by atoms with Gasteiger partial charge in [-0.1, -0.05) is 6.07 Å². The Morgan fingerprint density at radius 1 is 1.02 bits per heavy atom. The minimum atomic E-state index is -0.287. The second-order valence-electron chi connectivity index (χ2n) is 9.47. The lowest BCUT2D eigenvalue weighted by Gasteiger charge is -2.16. The van der Waals surface area contributed by atoms with Crippen molar-refractivity contribution in [3.05, 3.63) is 84.6 Å². The van der Waals surface area contributed by atoms with Gasteiger partial charge in [0.25, 0.3) is 5.91 Å². The number of anilines is 2. The highest BCUT2D eigenvalue weighted by Gasteiger charge is 2.26. The number of hydrogen-bond acceptors (Lipinski definition) is 6. The van der Waals surface area contributed by atoms with Gasteiger partial charge in [-0.15, -0.1) is 0 Å². The van der Waals surface area contributed by atoms with Crippen molar-refractivity contribution in [2.75, 3.05) is 37.5 Å². The Morgan fingerprint density at radius 2 is 1.85 bits per heavy atom.